The van der Waals surface area contributed by atoms with Crippen LogP contribution in [0.15, 0.2) is 12.3 Å². The average molecular weight is 392 g/mol. The van der Waals surface area contributed by atoms with Crippen molar-refractivity contribution in [2.45, 2.75) is 64.4 Å². The Bertz CT molecular complexity index is 523. The van der Waals surface area contributed by atoms with E-state index >= 15 is 0 Å². The predicted octanol–water partition coefficient (Wildman–Crippen LogP) is 1.92. The fraction of sp³-hybridized carbons (Fsp3) is 0.750. The van der Waals surface area contributed by atoms with Gasteiger partial charge in [0.15, 0.2) is 0 Å². The van der Waals surface area contributed by atoms with Crippen molar-refractivity contribution in [1.29, 1.82) is 0 Å². The molecule has 1 saturated carbocycles. The smallest absolute Gasteiger partial charge is 0.356 e. The number of rotatable bonds is 12. The van der Waals surface area contributed by atoms with Gasteiger partial charge < -0.3 is 14.5 Å². The highest BCUT2D eigenvalue weighted by Gasteiger charge is 2.30. The number of phosphoric acid groups is 1. The molecule has 2 N–H and O–H groups in total. The molecule has 9 nitrogen and oxygen atoms in total. The summed E-state index contributed by atoms with van der Waals surface area (Å²) in [6, 6.07) is 0. The van der Waals surface area contributed by atoms with Gasteiger partial charge in [-0.1, -0.05) is 19.8 Å². The summed E-state index contributed by atoms with van der Waals surface area (Å²) >= 11 is 0. The van der Waals surface area contributed by atoms with Crippen LogP contribution in [-0.4, -0.2) is 54.2 Å². The Morgan fingerprint density at radius 1 is 1.42 bits per heavy atom. The van der Waals surface area contributed by atoms with Gasteiger partial charge in [0, 0.05) is 19.3 Å². The van der Waals surface area contributed by atoms with Crippen LogP contribution in [0.25, 0.3) is 0 Å². The first-order chi connectivity index (χ1) is 12.3. The van der Waals surface area contributed by atoms with Crippen LogP contribution >= 0.6 is 7.82 Å². The number of imide groups is 1. The molecule has 10 heteroatoms. The Hall–Kier alpha value is -1.25. The van der Waals surface area contributed by atoms with E-state index in [4.69, 9.17) is 13.8 Å². The highest BCUT2D eigenvalue weighted by molar-refractivity contribution is 7.47. The molecule has 3 atom stereocenters. The Balaban J connectivity index is 2.43. The summed E-state index contributed by atoms with van der Waals surface area (Å²) < 4.78 is 28.0. The van der Waals surface area contributed by atoms with E-state index in [1.165, 1.54) is 12.3 Å². The molecule has 1 rings (SSSR count). The van der Waals surface area contributed by atoms with Crippen LogP contribution in [0, 0.1) is 0 Å². The summed E-state index contributed by atoms with van der Waals surface area (Å²) in [5.41, 5.74) is 0. The lowest BCUT2D eigenvalue weighted by molar-refractivity contribution is -0.121. The third-order valence-corrected chi connectivity index (χ3v) is 5.13. The number of ether oxygens (including phenoxy) is 1. The number of phosphoric ester groups is 1. The SMILES string of the molecule is CCC(COP(=O)(O)OC1CCCC1)OC(C)N(C)/C=C\C(=O)NC=O. The van der Waals surface area contributed by atoms with E-state index < -0.39 is 26.1 Å². The fourth-order valence-electron chi connectivity index (χ4n) is 2.43. The van der Waals surface area contributed by atoms with E-state index in [1.807, 2.05) is 12.2 Å². The monoisotopic (exact) mass is 392 g/mol. The van der Waals surface area contributed by atoms with Gasteiger partial charge in [0.1, 0.15) is 6.23 Å². The number of carbonyl (C=O) groups excluding carboxylic acids is 2. The van der Waals surface area contributed by atoms with Gasteiger partial charge in [-0.25, -0.2) is 4.57 Å². The second kappa shape index (κ2) is 11.5. The molecule has 1 aliphatic rings. The maximum absolute atomic E-state index is 12.0. The van der Waals surface area contributed by atoms with Crippen LogP contribution < -0.4 is 5.32 Å². The van der Waals surface area contributed by atoms with Crippen LogP contribution in [-0.2, 0) is 27.9 Å². The third-order valence-electron chi connectivity index (χ3n) is 4.09. The molecule has 0 aromatic carbocycles. The number of amides is 2. The highest BCUT2D eigenvalue weighted by atomic mass is 31.2. The van der Waals surface area contributed by atoms with Crippen molar-refractivity contribution in [3.8, 4) is 0 Å². The first-order valence-electron chi connectivity index (χ1n) is 8.73. The summed E-state index contributed by atoms with van der Waals surface area (Å²) in [4.78, 5) is 32.8. The lowest BCUT2D eigenvalue weighted by Crippen LogP contribution is -2.33. The first kappa shape index (κ1) is 22.8. The van der Waals surface area contributed by atoms with E-state index in [1.54, 1.807) is 18.9 Å². The lowest BCUT2D eigenvalue weighted by Gasteiger charge is -2.28. The van der Waals surface area contributed by atoms with E-state index in [0.29, 0.717) is 12.8 Å². The molecular formula is C16H29N2O7P. The molecule has 26 heavy (non-hydrogen) atoms. The molecule has 0 aromatic rings. The molecule has 0 aromatic heterocycles. The highest BCUT2D eigenvalue weighted by Crippen LogP contribution is 2.47. The standard InChI is InChI=1S/C16H29N2O7P/c1-4-14(11-23-26(21,22)25-15-7-5-6-8-15)24-13(2)18(3)10-9-16(20)17-12-19/h9-10,12-15H,4-8,11H2,1-3H3,(H,21,22)(H,17,19,20)/b10-9-. The molecule has 3 unspecified atom stereocenters. The molecule has 0 heterocycles. The second-order valence-corrected chi connectivity index (χ2v) is 7.56. The normalized spacial score (nSPS) is 19.8. The van der Waals surface area contributed by atoms with E-state index in [9.17, 15) is 19.0 Å². The van der Waals surface area contributed by atoms with Gasteiger partial charge >= 0.3 is 7.82 Å². The summed E-state index contributed by atoms with van der Waals surface area (Å²) in [6.07, 6.45) is 6.01. The van der Waals surface area contributed by atoms with Gasteiger partial charge in [0.25, 0.3) is 5.91 Å². The first-order valence-corrected chi connectivity index (χ1v) is 10.2. The van der Waals surface area contributed by atoms with Crippen LogP contribution in [0.2, 0.25) is 0 Å². The van der Waals surface area contributed by atoms with Gasteiger partial charge in [-0.15, -0.1) is 0 Å². The number of nitrogens with zero attached hydrogens (tertiary/aromatic N) is 1. The Morgan fingerprint density at radius 3 is 2.65 bits per heavy atom. The van der Waals surface area contributed by atoms with E-state index in [-0.39, 0.29) is 12.7 Å². The number of nitrogens with one attached hydrogen (secondary N) is 1. The average Bonchev–Trinajstić information content (AvgIpc) is 3.08. The zero-order chi connectivity index (χ0) is 19.6. The number of hydrogen-bond donors (Lipinski definition) is 2. The Labute approximate surface area is 154 Å². The largest absolute Gasteiger partial charge is 0.472 e. The van der Waals surface area contributed by atoms with Gasteiger partial charge in [-0.3, -0.25) is 24.0 Å². The second-order valence-electron chi connectivity index (χ2n) is 6.15. The van der Waals surface area contributed by atoms with E-state index in [2.05, 4.69) is 0 Å². The lowest BCUT2D eigenvalue weighted by atomic mass is 10.3. The van der Waals surface area contributed by atoms with Gasteiger partial charge in [0.2, 0.25) is 6.41 Å². The van der Waals surface area contributed by atoms with Gasteiger partial charge in [0.05, 0.1) is 18.8 Å². The van der Waals surface area contributed by atoms with Gasteiger partial charge in [-0.05, 0) is 26.2 Å². The molecule has 0 radical (unpaired) electrons. The zero-order valence-electron chi connectivity index (χ0n) is 15.5. The quantitative estimate of drug-likeness (QED) is 0.224. The Morgan fingerprint density at radius 2 is 2.08 bits per heavy atom. The van der Waals surface area contributed by atoms with Gasteiger partial charge in [-0.2, -0.15) is 0 Å². The molecule has 0 bridgehead atoms. The van der Waals surface area contributed by atoms with Crippen molar-refractivity contribution < 1.29 is 32.8 Å². The molecule has 1 aliphatic carbocycles. The molecule has 150 valence electrons. The maximum atomic E-state index is 12.0. The van der Waals surface area contributed by atoms with Crippen molar-refractivity contribution in [3.05, 3.63) is 12.3 Å². The molecule has 1 fully saturated rings. The number of carbonyl (C=O) groups is 2. The van der Waals surface area contributed by atoms with Crippen LogP contribution in [0.5, 0.6) is 0 Å². The molecular weight excluding hydrogens is 363 g/mol. The maximum Gasteiger partial charge on any atom is 0.472 e. The Kier molecular flexibility index (Phi) is 10.0. The third kappa shape index (κ3) is 8.91. The molecule has 0 saturated heterocycles. The summed E-state index contributed by atoms with van der Waals surface area (Å²) in [5, 5.41) is 1.99. The van der Waals surface area contributed by atoms with E-state index in [0.717, 1.165) is 25.7 Å². The summed E-state index contributed by atoms with van der Waals surface area (Å²) in [6.45, 7) is 3.55. The topological polar surface area (TPSA) is 114 Å². The zero-order valence-corrected chi connectivity index (χ0v) is 16.4. The minimum atomic E-state index is -4.10. The minimum absolute atomic E-state index is 0.0788. The van der Waals surface area contributed by atoms with Crippen molar-refractivity contribution in [1.82, 2.24) is 10.2 Å². The number of hydrogen-bond acceptors (Lipinski definition) is 7. The molecule has 2 amide bonds. The fourth-order valence-corrected chi connectivity index (χ4v) is 3.43. The summed E-state index contributed by atoms with van der Waals surface area (Å²) in [7, 11) is -2.41. The predicted molar refractivity (Wildman–Crippen MR) is 94.9 cm³/mol. The molecule has 0 aliphatic heterocycles. The minimum Gasteiger partial charge on any atom is -0.356 e. The van der Waals surface area contributed by atoms with Crippen molar-refractivity contribution in [3.63, 3.8) is 0 Å². The van der Waals surface area contributed by atoms with Crippen LogP contribution in [0.1, 0.15) is 46.0 Å². The van der Waals surface area contributed by atoms with Crippen molar-refractivity contribution in [2.24, 2.45) is 0 Å². The molecule has 0 spiro atoms. The summed E-state index contributed by atoms with van der Waals surface area (Å²) in [5.74, 6) is -0.542. The van der Waals surface area contributed by atoms with Crippen molar-refractivity contribution in [2.75, 3.05) is 13.7 Å². The van der Waals surface area contributed by atoms with Crippen molar-refractivity contribution >= 4 is 20.1 Å². The van der Waals surface area contributed by atoms with Crippen LogP contribution in [0.4, 0.5) is 0 Å². The van der Waals surface area contributed by atoms with Crippen LogP contribution in [0.3, 0.4) is 0 Å².